The van der Waals surface area contributed by atoms with E-state index in [0.29, 0.717) is 0 Å². The summed E-state index contributed by atoms with van der Waals surface area (Å²) in [5.74, 6) is 0.141. The molecule has 0 unspecified atom stereocenters. The maximum absolute atomic E-state index is 11.2. The first-order valence-corrected chi connectivity index (χ1v) is 5.94. The summed E-state index contributed by atoms with van der Waals surface area (Å²) >= 11 is 1.56. The highest BCUT2D eigenvalue weighted by Gasteiger charge is 2.05. The predicted octanol–water partition coefficient (Wildman–Crippen LogP) is 4.32. The molecule has 0 saturated heterocycles. The van der Waals surface area contributed by atoms with Gasteiger partial charge in [0.25, 0.3) is 0 Å². The third-order valence-electron chi connectivity index (χ3n) is 2.01. The normalized spacial score (nSPS) is 12.3. The first-order valence-electron chi connectivity index (χ1n) is 5.13. The number of carbonyl (C=O) groups is 1. The molecule has 2 heteroatoms. The van der Waals surface area contributed by atoms with Gasteiger partial charge in [0.05, 0.1) is 4.88 Å². The molecule has 80 valence electrons. The molecule has 0 aliphatic carbocycles. The molecule has 0 aliphatic rings. The molecule has 1 aromatic rings. The summed E-state index contributed by atoms with van der Waals surface area (Å²) in [4.78, 5) is 13.2. The van der Waals surface area contributed by atoms with Gasteiger partial charge in [-0.3, -0.25) is 4.79 Å². The van der Waals surface area contributed by atoms with Gasteiger partial charge >= 0.3 is 0 Å². The lowest BCUT2D eigenvalue weighted by Crippen LogP contribution is -1.83. The molecule has 15 heavy (non-hydrogen) atoms. The fourth-order valence-electron chi connectivity index (χ4n) is 1.33. The van der Waals surface area contributed by atoms with Crippen LogP contribution in [-0.4, -0.2) is 5.78 Å². The van der Waals surface area contributed by atoms with Crippen LogP contribution >= 0.6 is 11.3 Å². The maximum Gasteiger partial charge on any atom is 0.169 e. The zero-order chi connectivity index (χ0) is 11.3. The Kier molecular flexibility index (Phi) is 4.50. The van der Waals surface area contributed by atoms with Gasteiger partial charge in [-0.15, -0.1) is 11.3 Å². The van der Waals surface area contributed by atoms with Crippen LogP contribution in [0.1, 0.15) is 41.7 Å². The summed E-state index contributed by atoms with van der Waals surface area (Å²) in [6.45, 7) is 5.72. The summed E-state index contributed by atoms with van der Waals surface area (Å²) in [7, 11) is 0. The predicted molar refractivity (Wildman–Crippen MR) is 67.4 cm³/mol. The van der Waals surface area contributed by atoms with Crippen LogP contribution in [0.2, 0.25) is 0 Å². The SMILES string of the molecule is C/C=C\C(=C/CC)c1ccc(C(C)=O)s1. The topological polar surface area (TPSA) is 17.1 Å². The van der Waals surface area contributed by atoms with Crippen molar-refractivity contribution in [1.29, 1.82) is 0 Å². The van der Waals surface area contributed by atoms with Crippen LogP contribution in [0.15, 0.2) is 30.4 Å². The Morgan fingerprint density at radius 2 is 2.07 bits per heavy atom. The lowest BCUT2D eigenvalue weighted by molar-refractivity contribution is 0.102. The van der Waals surface area contributed by atoms with Crippen molar-refractivity contribution in [3.05, 3.63) is 40.1 Å². The Bertz CT molecular complexity index is 396. The van der Waals surface area contributed by atoms with Crippen LogP contribution in [0, 0.1) is 0 Å². The number of rotatable bonds is 4. The quantitative estimate of drug-likeness (QED) is 0.545. The van der Waals surface area contributed by atoms with Gasteiger partial charge in [0.2, 0.25) is 0 Å². The Labute approximate surface area is 95.1 Å². The van der Waals surface area contributed by atoms with Gasteiger partial charge in [-0.05, 0) is 38.0 Å². The van der Waals surface area contributed by atoms with E-state index in [0.717, 1.165) is 11.3 Å². The number of hydrogen-bond acceptors (Lipinski definition) is 2. The summed E-state index contributed by atoms with van der Waals surface area (Å²) in [6.07, 6.45) is 7.29. The number of Topliss-reactive ketones (excluding diaryl/α,β-unsaturated/α-hetero) is 1. The Balaban J connectivity index is 3.02. The fourth-order valence-corrected chi connectivity index (χ4v) is 2.25. The van der Waals surface area contributed by atoms with Gasteiger partial charge in [0.1, 0.15) is 0 Å². The van der Waals surface area contributed by atoms with E-state index in [1.165, 1.54) is 10.5 Å². The average molecular weight is 220 g/mol. The van der Waals surface area contributed by atoms with Crippen molar-refractivity contribution < 1.29 is 4.79 Å². The van der Waals surface area contributed by atoms with Gasteiger partial charge in [-0.25, -0.2) is 0 Å². The molecular weight excluding hydrogens is 204 g/mol. The van der Waals surface area contributed by atoms with E-state index in [1.807, 2.05) is 25.1 Å². The Hall–Kier alpha value is -1.15. The molecule has 0 atom stereocenters. The third-order valence-corrected chi connectivity index (χ3v) is 3.24. The van der Waals surface area contributed by atoms with E-state index in [1.54, 1.807) is 18.3 Å². The molecule has 0 amide bonds. The van der Waals surface area contributed by atoms with Crippen LogP contribution in [-0.2, 0) is 0 Å². The molecule has 1 nitrogen and oxygen atoms in total. The Morgan fingerprint density at radius 3 is 2.53 bits per heavy atom. The molecule has 0 radical (unpaired) electrons. The molecule has 0 fully saturated rings. The highest BCUT2D eigenvalue weighted by molar-refractivity contribution is 7.15. The third kappa shape index (κ3) is 3.17. The molecule has 0 bridgehead atoms. The number of thiophene rings is 1. The second-order valence-corrected chi connectivity index (χ2v) is 4.37. The maximum atomic E-state index is 11.2. The lowest BCUT2D eigenvalue weighted by Gasteiger charge is -1.96. The van der Waals surface area contributed by atoms with Crippen LogP contribution in [0.5, 0.6) is 0 Å². The molecule has 0 N–H and O–H groups in total. The van der Waals surface area contributed by atoms with Crippen molar-refractivity contribution in [2.45, 2.75) is 27.2 Å². The summed E-state index contributed by atoms with van der Waals surface area (Å²) in [5, 5.41) is 0. The first-order chi connectivity index (χ1) is 7.19. The number of allylic oxidation sites excluding steroid dienone is 4. The van der Waals surface area contributed by atoms with Gasteiger partial charge in [-0.1, -0.05) is 25.2 Å². The highest BCUT2D eigenvalue weighted by Crippen LogP contribution is 2.26. The smallest absolute Gasteiger partial charge is 0.169 e. The summed E-state index contributed by atoms with van der Waals surface area (Å²) in [6, 6.07) is 3.91. The van der Waals surface area contributed by atoms with E-state index in [4.69, 9.17) is 0 Å². The van der Waals surface area contributed by atoms with Gasteiger partial charge in [-0.2, -0.15) is 0 Å². The van der Waals surface area contributed by atoms with E-state index in [-0.39, 0.29) is 5.78 Å². The van der Waals surface area contributed by atoms with Crippen molar-refractivity contribution >= 4 is 22.7 Å². The summed E-state index contributed by atoms with van der Waals surface area (Å²) in [5.41, 5.74) is 1.21. The number of carbonyl (C=O) groups excluding carboxylic acids is 1. The van der Waals surface area contributed by atoms with Gasteiger partial charge in [0.15, 0.2) is 5.78 Å². The standard InChI is InChI=1S/C13H16OS/c1-4-6-11(7-5-2)13-9-8-12(15-13)10(3)14/h4,6-9H,5H2,1-3H3/b6-4-,11-7+. The molecule has 1 heterocycles. The summed E-state index contributed by atoms with van der Waals surface area (Å²) < 4.78 is 0. The largest absolute Gasteiger partial charge is 0.294 e. The van der Waals surface area contributed by atoms with Crippen molar-refractivity contribution in [1.82, 2.24) is 0 Å². The second-order valence-electron chi connectivity index (χ2n) is 3.29. The Morgan fingerprint density at radius 1 is 1.40 bits per heavy atom. The van der Waals surface area contributed by atoms with Crippen LogP contribution in [0.3, 0.4) is 0 Å². The van der Waals surface area contributed by atoms with E-state index < -0.39 is 0 Å². The minimum Gasteiger partial charge on any atom is -0.294 e. The fraction of sp³-hybridized carbons (Fsp3) is 0.308. The van der Waals surface area contributed by atoms with Gasteiger partial charge < -0.3 is 0 Å². The lowest BCUT2D eigenvalue weighted by atomic mass is 10.1. The highest BCUT2D eigenvalue weighted by atomic mass is 32.1. The van der Waals surface area contributed by atoms with Crippen molar-refractivity contribution in [2.24, 2.45) is 0 Å². The molecule has 0 saturated carbocycles. The van der Waals surface area contributed by atoms with E-state index in [2.05, 4.69) is 19.1 Å². The second kappa shape index (κ2) is 5.66. The van der Waals surface area contributed by atoms with Gasteiger partial charge in [0, 0.05) is 4.88 Å². The average Bonchev–Trinajstić information content (AvgIpc) is 2.66. The molecule has 0 aromatic carbocycles. The zero-order valence-electron chi connectivity index (χ0n) is 9.41. The first kappa shape index (κ1) is 11.9. The van der Waals surface area contributed by atoms with Crippen molar-refractivity contribution in [2.75, 3.05) is 0 Å². The monoisotopic (exact) mass is 220 g/mol. The van der Waals surface area contributed by atoms with Crippen LogP contribution in [0.4, 0.5) is 0 Å². The van der Waals surface area contributed by atoms with E-state index in [9.17, 15) is 4.79 Å². The van der Waals surface area contributed by atoms with Crippen LogP contribution < -0.4 is 0 Å². The van der Waals surface area contributed by atoms with Crippen molar-refractivity contribution in [3.63, 3.8) is 0 Å². The van der Waals surface area contributed by atoms with Crippen LogP contribution in [0.25, 0.3) is 5.57 Å². The minimum absolute atomic E-state index is 0.141. The molecule has 1 rings (SSSR count). The molecular formula is C13H16OS. The minimum atomic E-state index is 0.141. The number of hydrogen-bond donors (Lipinski definition) is 0. The molecule has 0 spiro atoms. The number of ketones is 1. The zero-order valence-corrected chi connectivity index (χ0v) is 10.2. The molecule has 0 aliphatic heterocycles. The van der Waals surface area contributed by atoms with Crippen molar-refractivity contribution in [3.8, 4) is 0 Å². The molecule has 1 aromatic heterocycles. The van der Waals surface area contributed by atoms with E-state index >= 15 is 0 Å².